The van der Waals surface area contributed by atoms with E-state index in [0.29, 0.717) is 16.6 Å². The zero-order valence-electron chi connectivity index (χ0n) is 13.1. The molecule has 5 nitrogen and oxygen atoms in total. The van der Waals surface area contributed by atoms with Gasteiger partial charge in [-0.05, 0) is 36.1 Å². The maximum atomic E-state index is 12.2. The molecule has 0 saturated heterocycles. The zero-order chi connectivity index (χ0) is 17.1. The number of carbonyl (C=O) groups excluding carboxylic acids is 2. The third kappa shape index (κ3) is 3.89. The van der Waals surface area contributed by atoms with E-state index in [9.17, 15) is 9.59 Å². The molecule has 0 aliphatic heterocycles. The van der Waals surface area contributed by atoms with Crippen molar-refractivity contribution in [2.24, 2.45) is 0 Å². The van der Waals surface area contributed by atoms with Crippen LogP contribution in [0.5, 0.6) is 0 Å². The Morgan fingerprint density at radius 1 is 1.21 bits per heavy atom. The fraction of sp³-hybridized carbons (Fsp3) is 0.188. The summed E-state index contributed by atoms with van der Waals surface area (Å²) >= 11 is 4.40. The normalized spacial score (nSPS) is 10.6. The fourth-order valence-electron chi connectivity index (χ4n) is 2.03. The number of amides is 2. The Morgan fingerprint density at radius 2 is 2.04 bits per heavy atom. The minimum atomic E-state index is -0.124. The summed E-state index contributed by atoms with van der Waals surface area (Å²) in [5, 5.41) is 10.0. The van der Waals surface area contributed by atoms with E-state index in [1.165, 1.54) is 29.6 Å². The minimum absolute atomic E-state index is 0.0486. The fourth-order valence-corrected chi connectivity index (χ4v) is 4.53. The van der Waals surface area contributed by atoms with E-state index in [2.05, 4.69) is 15.6 Å². The Bertz CT molecular complexity index is 879. The summed E-state index contributed by atoms with van der Waals surface area (Å²) in [6.07, 6.45) is 0. The molecule has 2 N–H and O–H groups in total. The van der Waals surface area contributed by atoms with Crippen molar-refractivity contribution in [1.29, 1.82) is 0 Å². The number of aryl methyl sites for hydroxylation is 1. The van der Waals surface area contributed by atoms with E-state index in [1.54, 1.807) is 11.3 Å². The van der Waals surface area contributed by atoms with Crippen LogP contribution in [0, 0.1) is 6.92 Å². The first-order chi connectivity index (χ1) is 11.5. The van der Waals surface area contributed by atoms with Crippen LogP contribution in [0.25, 0.3) is 10.6 Å². The van der Waals surface area contributed by atoms with E-state index in [1.807, 2.05) is 35.9 Å². The average Bonchev–Trinajstić information content (AvgIpc) is 3.24. The highest BCUT2D eigenvalue weighted by atomic mass is 32.1. The molecule has 0 fully saturated rings. The van der Waals surface area contributed by atoms with Gasteiger partial charge in [-0.25, -0.2) is 4.98 Å². The third-order valence-corrected chi connectivity index (χ3v) is 6.10. The molecule has 3 aromatic rings. The van der Waals surface area contributed by atoms with Crippen LogP contribution in [0.1, 0.15) is 27.0 Å². The van der Waals surface area contributed by atoms with Crippen LogP contribution in [0.15, 0.2) is 29.0 Å². The van der Waals surface area contributed by atoms with Gasteiger partial charge >= 0.3 is 0 Å². The topological polar surface area (TPSA) is 71.1 Å². The number of hydrogen-bond acceptors (Lipinski definition) is 6. The van der Waals surface area contributed by atoms with Crippen LogP contribution in [0.4, 0.5) is 5.13 Å². The number of anilines is 1. The van der Waals surface area contributed by atoms with Gasteiger partial charge in [-0.3, -0.25) is 14.9 Å². The van der Waals surface area contributed by atoms with Gasteiger partial charge < -0.3 is 5.32 Å². The van der Waals surface area contributed by atoms with E-state index in [-0.39, 0.29) is 11.8 Å². The average molecular weight is 378 g/mol. The molecule has 3 rings (SSSR count). The summed E-state index contributed by atoms with van der Waals surface area (Å²) in [6.45, 7) is 3.94. The lowest BCUT2D eigenvalue weighted by Gasteiger charge is -1.99. The molecule has 0 aromatic carbocycles. The summed E-state index contributed by atoms with van der Waals surface area (Å²) in [5.74, 6) is -0.173. The summed E-state index contributed by atoms with van der Waals surface area (Å²) in [6, 6.07) is 5.88. The Morgan fingerprint density at radius 3 is 2.75 bits per heavy atom. The van der Waals surface area contributed by atoms with Crippen molar-refractivity contribution < 1.29 is 9.59 Å². The molecule has 3 heterocycles. The number of rotatable bonds is 5. The number of aromatic nitrogens is 1. The number of nitrogens with zero attached hydrogens (tertiary/aromatic N) is 1. The van der Waals surface area contributed by atoms with Gasteiger partial charge in [0, 0.05) is 17.2 Å². The van der Waals surface area contributed by atoms with E-state index in [4.69, 9.17) is 0 Å². The molecular weight excluding hydrogens is 362 g/mol. The minimum Gasteiger partial charge on any atom is -0.351 e. The SMILES string of the molecule is CC(=O)NCc1ccc(-c2csc(NC(=O)c3sccc3C)n2)s1. The van der Waals surface area contributed by atoms with Crippen molar-refractivity contribution in [3.05, 3.63) is 44.3 Å². The van der Waals surface area contributed by atoms with Crippen molar-refractivity contribution >= 4 is 51.0 Å². The lowest BCUT2D eigenvalue weighted by molar-refractivity contribution is -0.119. The molecule has 0 bridgehead atoms. The second-order valence-corrected chi connectivity index (χ2v) is 8.04. The summed E-state index contributed by atoms with van der Waals surface area (Å²) in [7, 11) is 0. The second kappa shape index (κ2) is 7.25. The Balaban J connectivity index is 1.68. The van der Waals surface area contributed by atoms with Crippen molar-refractivity contribution in [2.75, 3.05) is 5.32 Å². The van der Waals surface area contributed by atoms with Gasteiger partial charge in [0.05, 0.1) is 22.0 Å². The Labute approximate surface area is 151 Å². The van der Waals surface area contributed by atoms with Crippen LogP contribution in [-0.4, -0.2) is 16.8 Å². The lowest BCUT2D eigenvalue weighted by Crippen LogP contribution is -2.17. The molecule has 0 radical (unpaired) electrons. The smallest absolute Gasteiger partial charge is 0.267 e. The van der Waals surface area contributed by atoms with Gasteiger partial charge in [-0.15, -0.1) is 34.0 Å². The molecule has 8 heteroatoms. The number of carbonyl (C=O) groups is 2. The molecule has 0 atom stereocenters. The molecule has 0 saturated carbocycles. The van der Waals surface area contributed by atoms with Gasteiger partial charge in [-0.2, -0.15) is 0 Å². The molecule has 0 spiro atoms. The highest BCUT2D eigenvalue weighted by molar-refractivity contribution is 7.17. The molecule has 124 valence electrons. The van der Waals surface area contributed by atoms with E-state index in [0.717, 1.165) is 21.0 Å². The lowest BCUT2D eigenvalue weighted by atomic mass is 10.3. The molecule has 2 amide bonds. The first-order valence-electron chi connectivity index (χ1n) is 7.17. The number of hydrogen-bond donors (Lipinski definition) is 2. The Kier molecular flexibility index (Phi) is 5.08. The van der Waals surface area contributed by atoms with Crippen molar-refractivity contribution in [3.63, 3.8) is 0 Å². The molecule has 24 heavy (non-hydrogen) atoms. The Hall–Kier alpha value is -2.03. The van der Waals surface area contributed by atoms with Crippen molar-refractivity contribution in [2.45, 2.75) is 20.4 Å². The van der Waals surface area contributed by atoms with E-state index >= 15 is 0 Å². The molecular formula is C16H15N3O2S3. The highest BCUT2D eigenvalue weighted by Crippen LogP contribution is 2.31. The first kappa shape index (κ1) is 16.8. The monoisotopic (exact) mass is 377 g/mol. The quantitative estimate of drug-likeness (QED) is 0.702. The predicted octanol–water partition coefficient (Wildman–Crippen LogP) is 4.13. The number of thiazole rings is 1. The predicted molar refractivity (Wildman–Crippen MR) is 100.0 cm³/mol. The zero-order valence-corrected chi connectivity index (χ0v) is 15.5. The van der Waals surface area contributed by atoms with Gasteiger partial charge in [0.1, 0.15) is 0 Å². The van der Waals surface area contributed by atoms with Crippen molar-refractivity contribution in [1.82, 2.24) is 10.3 Å². The third-order valence-electron chi connectivity index (χ3n) is 3.22. The van der Waals surface area contributed by atoms with Gasteiger partial charge in [-0.1, -0.05) is 0 Å². The molecule has 0 unspecified atom stereocenters. The largest absolute Gasteiger partial charge is 0.351 e. The molecule has 0 aliphatic carbocycles. The van der Waals surface area contributed by atoms with E-state index < -0.39 is 0 Å². The van der Waals surface area contributed by atoms with Crippen LogP contribution in [0.3, 0.4) is 0 Å². The van der Waals surface area contributed by atoms with Crippen LogP contribution in [0.2, 0.25) is 0 Å². The maximum absolute atomic E-state index is 12.2. The van der Waals surface area contributed by atoms with Crippen LogP contribution < -0.4 is 10.6 Å². The molecule has 3 aromatic heterocycles. The van der Waals surface area contributed by atoms with Crippen LogP contribution >= 0.6 is 34.0 Å². The second-order valence-electron chi connectivity index (χ2n) is 5.10. The number of thiophene rings is 2. The molecule has 0 aliphatic rings. The van der Waals surface area contributed by atoms with Crippen molar-refractivity contribution in [3.8, 4) is 10.6 Å². The summed E-state index contributed by atoms with van der Waals surface area (Å²) in [4.78, 5) is 30.5. The summed E-state index contributed by atoms with van der Waals surface area (Å²) < 4.78 is 0. The maximum Gasteiger partial charge on any atom is 0.267 e. The number of nitrogens with one attached hydrogen (secondary N) is 2. The first-order valence-corrected chi connectivity index (χ1v) is 9.75. The highest BCUT2D eigenvalue weighted by Gasteiger charge is 2.14. The van der Waals surface area contributed by atoms with Gasteiger partial charge in [0.2, 0.25) is 5.91 Å². The van der Waals surface area contributed by atoms with Gasteiger partial charge in [0.25, 0.3) is 5.91 Å². The standard InChI is InChI=1S/C16H15N3O2S3/c1-9-5-6-22-14(9)15(21)19-16-18-12(8-23-16)13-4-3-11(24-13)7-17-10(2)20/h3-6,8H,7H2,1-2H3,(H,17,20)(H,18,19,21). The van der Waals surface area contributed by atoms with Crippen LogP contribution in [-0.2, 0) is 11.3 Å². The van der Waals surface area contributed by atoms with Gasteiger partial charge in [0.15, 0.2) is 5.13 Å². The summed E-state index contributed by atoms with van der Waals surface area (Å²) in [5.41, 5.74) is 1.80.